The molecular formula is C21H19NS. The zero-order valence-electron chi connectivity index (χ0n) is 13.6. The number of hydrogen-bond donors (Lipinski definition) is 0. The van der Waals surface area contributed by atoms with Crippen LogP contribution in [0.1, 0.15) is 26.3 Å². The Kier molecular flexibility index (Phi) is 3.24. The van der Waals surface area contributed by atoms with Gasteiger partial charge in [-0.05, 0) is 27.8 Å². The second-order valence-electron chi connectivity index (χ2n) is 6.95. The summed E-state index contributed by atoms with van der Waals surface area (Å²) >= 11 is 1.78. The Labute approximate surface area is 140 Å². The molecule has 0 N–H and O–H groups in total. The normalized spacial score (nSPS) is 12.1. The number of fused-ring (bicyclic) bond motifs is 2. The van der Waals surface area contributed by atoms with E-state index in [9.17, 15) is 0 Å². The molecule has 2 heteroatoms. The van der Waals surface area contributed by atoms with Gasteiger partial charge in [-0.1, -0.05) is 75.4 Å². The number of thiazole rings is 1. The van der Waals surface area contributed by atoms with Crippen LogP contribution in [0.2, 0.25) is 0 Å². The molecule has 0 saturated heterocycles. The first-order valence-corrected chi connectivity index (χ1v) is 8.74. The van der Waals surface area contributed by atoms with Gasteiger partial charge in [-0.2, -0.15) is 0 Å². The molecule has 23 heavy (non-hydrogen) atoms. The molecule has 1 nitrogen and oxygen atoms in total. The Morgan fingerprint density at radius 3 is 2.39 bits per heavy atom. The molecule has 3 aromatic carbocycles. The van der Waals surface area contributed by atoms with Crippen molar-refractivity contribution >= 4 is 32.3 Å². The zero-order chi connectivity index (χ0) is 16.0. The monoisotopic (exact) mass is 317 g/mol. The van der Waals surface area contributed by atoms with E-state index in [1.165, 1.54) is 26.6 Å². The van der Waals surface area contributed by atoms with Crippen LogP contribution < -0.4 is 0 Å². The molecule has 1 aromatic heterocycles. The van der Waals surface area contributed by atoms with E-state index in [1.54, 1.807) is 11.3 Å². The fourth-order valence-electron chi connectivity index (χ4n) is 3.08. The highest BCUT2D eigenvalue weighted by Crippen LogP contribution is 2.38. The van der Waals surface area contributed by atoms with Gasteiger partial charge in [0.15, 0.2) is 0 Å². The summed E-state index contributed by atoms with van der Waals surface area (Å²) < 4.78 is 1.26. The maximum atomic E-state index is 5.02. The molecule has 0 atom stereocenters. The van der Waals surface area contributed by atoms with E-state index in [-0.39, 0.29) is 5.41 Å². The van der Waals surface area contributed by atoms with Gasteiger partial charge in [-0.3, -0.25) is 0 Å². The predicted molar refractivity (Wildman–Crippen MR) is 101 cm³/mol. The molecule has 0 bridgehead atoms. The molecule has 0 radical (unpaired) electrons. The highest BCUT2D eigenvalue weighted by atomic mass is 32.1. The fourth-order valence-corrected chi connectivity index (χ4v) is 4.11. The first kappa shape index (κ1) is 14.4. The average Bonchev–Trinajstić information content (AvgIpc) is 2.97. The molecule has 114 valence electrons. The second kappa shape index (κ2) is 5.17. The second-order valence-corrected chi connectivity index (χ2v) is 7.98. The van der Waals surface area contributed by atoms with Crippen LogP contribution in [-0.4, -0.2) is 4.98 Å². The van der Waals surface area contributed by atoms with Gasteiger partial charge in [0.2, 0.25) is 0 Å². The lowest BCUT2D eigenvalue weighted by Gasteiger charge is -2.19. The molecule has 0 aliphatic heterocycles. The van der Waals surface area contributed by atoms with E-state index in [1.807, 2.05) is 0 Å². The van der Waals surface area contributed by atoms with Crippen molar-refractivity contribution in [1.29, 1.82) is 0 Å². The molecular weight excluding hydrogens is 298 g/mol. The summed E-state index contributed by atoms with van der Waals surface area (Å²) in [6, 6.07) is 21.5. The molecule has 0 aliphatic rings. The smallest absolute Gasteiger partial charge is 0.125 e. The van der Waals surface area contributed by atoms with Crippen LogP contribution in [0.4, 0.5) is 0 Å². The van der Waals surface area contributed by atoms with Crippen molar-refractivity contribution in [3.63, 3.8) is 0 Å². The van der Waals surface area contributed by atoms with E-state index >= 15 is 0 Å². The van der Waals surface area contributed by atoms with Gasteiger partial charge < -0.3 is 0 Å². The van der Waals surface area contributed by atoms with E-state index in [0.29, 0.717) is 0 Å². The molecule has 0 amide bonds. The SMILES string of the molecule is CC(C)(C)c1cccc2sc(-c3cccc4ccccc34)nc12. The van der Waals surface area contributed by atoms with Gasteiger partial charge in [-0.25, -0.2) is 4.98 Å². The number of aromatic nitrogens is 1. The molecule has 0 aliphatic carbocycles. The topological polar surface area (TPSA) is 12.9 Å². The zero-order valence-corrected chi connectivity index (χ0v) is 14.4. The van der Waals surface area contributed by atoms with Crippen molar-refractivity contribution in [2.75, 3.05) is 0 Å². The largest absolute Gasteiger partial charge is 0.236 e. The minimum Gasteiger partial charge on any atom is -0.236 e. The van der Waals surface area contributed by atoms with E-state index in [4.69, 9.17) is 4.98 Å². The summed E-state index contributed by atoms with van der Waals surface area (Å²) in [5.41, 5.74) is 3.79. The van der Waals surface area contributed by atoms with Gasteiger partial charge in [0.05, 0.1) is 10.2 Å². The van der Waals surface area contributed by atoms with Crippen molar-refractivity contribution in [3.05, 3.63) is 66.2 Å². The Balaban J connectivity index is 2.00. The molecule has 0 saturated carbocycles. The van der Waals surface area contributed by atoms with Crippen LogP contribution in [0, 0.1) is 0 Å². The van der Waals surface area contributed by atoms with Gasteiger partial charge in [0, 0.05) is 5.56 Å². The Hall–Kier alpha value is -2.19. The lowest BCUT2D eigenvalue weighted by molar-refractivity contribution is 0.595. The van der Waals surface area contributed by atoms with Crippen molar-refractivity contribution in [2.45, 2.75) is 26.2 Å². The van der Waals surface area contributed by atoms with Gasteiger partial charge >= 0.3 is 0 Å². The van der Waals surface area contributed by atoms with Crippen LogP contribution in [0.5, 0.6) is 0 Å². The number of hydrogen-bond acceptors (Lipinski definition) is 2. The maximum Gasteiger partial charge on any atom is 0.125 e. The summed E-state index contributed by atoms with van der Waals surface area (Å²) in [6.45, 7) is 6.75. The van der Waals surface area contributed by atoms with Crippen LogP contribution in [0.3, 0.4) is 0 Å². The van der Waals surface area contributed by atoms with Gasteiger partial charge in [-0.15, -0.1) is 11.3 Å². The third-order valence-electron chi connectivity index (χ3n) is 4.25. The van der Waals surface area contributed by atoms with Crippen LogP contribution in [-0.2, 0) is 5.41 Å². The number of rotatable bonds is 1. The molecule has 4 aromatic rings. The van der Waals surface area contributed by atoms with Crippen LogP contribution in [0.15, 0.2) is 60.7 Å². The van der Waals surface area contributed by atoms with Crippen LogP contribution in [0.25, 0.3) is 31.6 Å². The number of nitrogens with zero attached hydrogens (tertiary/aromatic N) is 1. The highest BCUT2D eigenvalue weighted by molar-refractivity contribution is 7.21. The maximum absolute atomic E-state index is 5.02. The third-order valence-corrected chi connectivity index (χ3v) is 5.30. The first-order valence-electron chi connectivity index (χ1n) is 7.92. The van der Waals surface area contributed by atoms with Crippen molar-refractivity contribution in [3.8, 4) is 10.6 Å². The third kappa shape index (κ3) is 2.43. The van der Waals surface area contributed by atoms with Gasteiger partial charge in [0.1, 0.15) is 5.01 Å². The molecule has 0 unspecified atom stereocenters. The Morgan fingerprint density at radius 1 is 0.826 bits per heavy atom. The average molecular weight is 317 g/mol. The standard InChI is InChI=1S/C21H19NS/c1-21(2,3)17-12-7-13-18-19(17)22-20(23-18)16-11-6-9-14-8-4-5-10-15(14)16/h4-13H,1-3H3. The molecule has 1 heterocycles. The quantitative estimate of drug-likeness (QED) is 0.395. The number of benzene rings is 3. The summed E-state index contributed by atoms with van der Waals surface area (Å²) in [5.74, 6) is 0. The lowest BCUT2D eigenvalue weighted by Crippen LogP contribution is -2.11. The fraction of sp³-hybridized carbons (Fsp3) is 0.190. The summed E-state index contributed by atoms with van der Waals surface area (Å²) in [7, 11) is 0. The van der Waals surface area contributed by atoms with Crippen molar-refractivity contribution in [1.82, 2.24) is 4.98 Å². The molecule has 0 fully saturated rings. The van der Waals surface area contributed by atoms with E-state index < -0.39 is 0 Å². The van der Waals surface area contributed by atoms with Crippen LogP contribution >= 0.6 is 11.3 Å². The van der Waals surface area contributed by atoms with E-state index in [2.05, 4.69) is 81.4 Å². The minimum atomic E-state index is 0.101. The highest BCUT2D eigenvalue weighted by Gasteiger charge is 2.19. The first-order chi connectivity index (χ1) is 11.0. The molecule has 4 rings (SSSR count). The van der Waals surface area contributed by atoms with Crippen molar-refractivity contribution in [2.24, 2.45) is 0 Å². The molecule has 0 spiro atoms. The minimum absolute atomic E-state index is 0.101. The summed E-state index contributed by atoms with van der Waals surface area (Å²) in [4.78, 5) is 5.02. The Morgan fingerprint density at radius 2 is 1.57 bits per heavy atom. The lowest BCUT2D eigenvalue weighted by atomic mass is 9.86. The summed E-state index contributed by atoms with van der Waals surface area (Å²) in [5, 5.41) is 3.64. The number of para-hydroxylation sites is 1. The van der Waals surface area contributed by atoms with Gasteiger partial charge in [0.25, 0.3) is 0 Å². The predicted octanol–water partition coefficient (Wildman–Crippen LogP) is 6.41. The Bertz CT molecular complexity index is 1000. The van der Waals surface area contributed by atoms with Crippen molar-refractivity contribution < 1.29 is 0 Å². The summed E-state index contributed by atoms with van der Waals surface area (Å²) in [6.07, 6.45) is 0. The van der Waals surface area contributed by atoms with E-state index in [0.717, 1.165) is 10.5 Å².